The standard InChI is InChI=1S/C117H217N23O7/c1-35-49-66-127(67-50-36-2)99-118-100(128(68-51-37-3)69-52-38-4)121-103(120-99)132(95-86-110(19,20)137(142-80-45-11)111(21,22)87-95)75-62-58-60-64-77-134(96-88-112(23,24)138(143-81-46-12)113(25,26)89-96)106-124-105(131(74-57-43-9)94-84-108(15,16)136(141-79-44-10)109(17,18)85-94)125-107(126-106)135(98-92-116(31,32)140(117(33,34)93-98)147-145-83-48-14)78-65-61-59-63-76-133(97-90-114(27,28)139(115(29,30)91-97)146-144-82-47-13)104-122-101(129(70-53-39-5)71-54-40-6)119-102(123-104)130(72-55-41-7)73-56-42-8/h94-98H,35-46,49-81,84-93H2,1-34H3. The minimum absolute atomic E-state index is 0.0218. The predicted octanol–water partition coefficient (Wildman–Crippen LogP) is 26.0. The highest BCUT2D eigenvalue weighted by atomic mass is 17.3. The van der Waals surface area contributed by atoms with Gasteiger partial charge < -0.3 is 44.1 Å². The zero-order chi connectivity index (χ0) is 108. The van der Waals surface area contributed by atoms with E-state index in [0.29, 0.717) is 26.4 Å². The summed E-state index contributed by atoms with van der Waals surface area (Å²) in [7, 11) is 0. The van der Waals surface area contributed by atoms with Crippen LogP contribution in [0, 0.1) is 24.1 Å². The lowest BCUT2D eigenvalue weighted by atomic mass is 9.78. The summed E-state index contributed by atoms with van der Waals surface area (Å²) in [6, 6.07) is 0.204. The van der Waals surface area contributed by atoms with E-state index >= 15 is 0 Å². The van der Waals surface area contributed by atoms with E-state index in [1.54, 1.807) is 13.8 Å². The van der Waals surface area contributed by atoms with Gasteiger partial charge in [0.15, 0.2) is 12.2 Å². The summed E-state index contributed by atoms with van der Waals surface area (Å²) in [4.78, 5) is 120. The zero-order valence-corrected chi connectivity index (χ0v) is 100. The van der Waals surface area contributed by atoms with Gasteiger partial charge in [-0.15, -0.1) is 10.1 Å². The van der Waals surface area contributed by atoms with Crippen molar-refractivity contribution in [2.75, 3.05) is 149 Å². The van der Waals surface area contributed by atoms with Gasteiger partial charge in [0.2, 0.25) is 53.5 Å². The van der Waals surface area contributed by atoms with Gasteiger partial charge >= 0.3 is 0 Å². The van der Waals surface area contributed by atoms with Crippen molar-refractivity contribution in [3.63, 3.8) is 0 Å². The summed E-state index contributed by atoms with van der Waals surface area (Å²) in [6.07, 6.45) is 43.2. The highest BCUT2D eigenvalue weighted by molar-refractivity contribution is 5.52. The summed E-state index contributed by atoms with van der Waals surface area (Å²) in [6.45, 7) is 90.7. The van der Waals surface area contributed by atoms with Crippen LogP contribution in [0.5, 0.6) is 0 Å². The summed E-state index contributed by atoms with van der Waals surface area (Å²) in [5.74, 6) is 12.8. The van der Waals surface area contributed by atoms with Crippen LogP contribution in [0.1, 0.15) is 486 Å². The lowest BCUT2D eigenvalue weighted by molar-refractivity contribution is -0.447. The molecule has 5 saturated heterocycles. The molecule has 30 nitrogen and oxygen atoms in total. The van der Waals surface area contributed by atoms with Crippen molar-refractivity contribution >= 4 is 53.5 Å². The first kappa shape index (κ1) is 126. The summed E-state index contributed by atoms with van der Waals surface area (Å²) >= 11 is 0. The number of hydrogen-bond acceptors (Lipinski definition) is 30. The molecule has 3 aromatic rings. The minimum Gasteiger partial charge on any atom is -0.341 e. The Hall–Kier alpha value is -6.45. The van der Waals surface area contributed by atoms with Crippen molar-refractivity contribution in [2.24, 2.45) is 0 Å². The van der Waals surface area contributed by atoms with Crippen LogP contribution < -0.4 is 44.1 Å². The Bertz CT molecular complexity index is 4200. The maximum absolute atomic E-state index is 6.95. The number of nitrogens with zero attached hydrogens (tertiary/aromatic N) is 23. The van der Waals surface area contributed by atoms with Gasteiger partial charge in [0.25, 0.3) is 0 Å². The molecule has 5 fully saturated rings. The molecular formula is C117H217N23O7. The van der Waals surface area contributed by atoms with Crippen molar-refractivity contribution in [2.45, 2.75) is 571 Å². The first-order valence-corrected chi connectivity index (χ1v) is 59.3. The molecule has 0 aromatic carbocycles. The minimum atomic E-state index is -0.546. The number of hydrogen-bond donors (Lipinski definition) is 0. The maximum Gasteiger partial charge on any atom is 0.232 e. The van der Waals surface area contributed by atoms with E-state index in [-0.39, 0.29) is 63.4 Å². The van der Waals surface area contributed by atoms with Crippen molar-refractivity contribution < 1.29 is 34.3 Å². The predicted molar refractivity (Wildman–Crippen MR) is 611 cm³/mol. The van der Waals surface area contributed by atoms with Crippen LogP contribution in [0.2, 0.25) is 0 Å². The van der Waals surface area contributed by atoms with Gasteiger partial charge in [-0.2, -0.15) is 60.0 Å². The van der Waals surface area contributed by atoms with Crippen molar-refractivity contribution in [1.29, 1.82) is 0 Å². The summed E-state index contributed by atoms with van der Waals surface area (Å²) in [5.41, 5.74) is -3.99. The Balaban J connectivity index is 1.31. The molecule has 5 aliphatic rings. The number of rotatable bonds is 68. The van der Waals surface area contributed by atoms with E-state index in [4.69, 9.17) is 79.1 Å². The quantitative estimate of drug-likeness (QED) is 0.0221. The van der Waals surface area contributed by atoms with Crippen LogP contribution in [0.15, 0.2) is 0 Å². The largest absolute Gasteiger partial charge is 0.341 e. The topological polar surface area (TPSA) is 226 Å². The smallest absolute Gasteiger partial charge is 0.232 e. The lowest BCUT2D eigenvalue weighted by Gasteiger charge is -2.56. The fraction of sp³-hybridized carbons (Fsp3) is 0.889. The number of anilines is 9. The third-order valence-corrected chi connectivity index (χ3v) is 31.2. The van der Waals surface area contributed by atoms with Gasteiger partial charge in [0, 0.05) is 185 Å². The van der Waals surface area contributed by atoms with E-state index in [9.17, 15) is 0 Å². The second-order valence-electron chi connectivity index (χ2n) is 50.1. The molecule has 0 N–H and O–H groups in total. The molecule has 0 radical (unpaired) electrons. The molecule has 0 amide bonds. The Morgan fingerprint density at radius 1 is 0.211 bits per heavy atom. The molecule has 5 aliphatic heterocycles. The molecule has 0 atom stereocenters. The van der Waals surface area contributed by atoms with Gasteiger partial charge in [-0.25, -0.2) is 0 Å². The number of piperidine rings is 5. The van der Waals surface area contributed by atoms with Crippen molar-refractivity contribution in [3.8, 4) is 24.1 Å². The molecule has 0 bridgehead atoms. The van der Waals surface area contributed by atoms with Gasteiger partial charge in [0.05, 0.1) is 19.8 Å². The number of aromatic nitrogens is 9. The van der Waals surface area contributed by atoms with Gasteiger partial charge in [-0.1, -0.05) is 188 Å². The molecule has 30 heteroatoms. The van der Waals surface area contributed by atoms with Crippen LogP contribution >= 0.6 is 0 Å². The van der Waals surface area contributed by atoms with Crippen LogP contribution in [0.25, 0.3) is 0 Å². The molecule has 3 aromatic heterocycles. The molecule has 842 valence electrons. The van der Waals surface area contributed by atoms with Crippen LogP contribution in [0.3, 0.4) is 0 Å². The van der Waals surface area contributed by atoms with E-state index in [0.717, 1.165) is 382 Å². The van der Waals surface area contributed by atoms with Crippen LogP contribution in [0.4, 0.5) is 53.5 Å². The van der Waals surface area contributed by atoms with Gasteiger partial charge in [-0.05, 0) is 305 Å². The Morgan fingerprint density at radius 2 is 0.367 bits per heavy atom. The molecule has 8 heterocycles. The Labute approximate surface area is 897 Å². The Morgan fingerprint density at radius 3 is 0.537 bits per heavy atom. The molecule has 0 aliphatic carbocycles. The fourth-order valence-electron chi connectivity index (χ4n) is 25.0. The second kappa shape index (κ2) is 59.3. The molecule has 0 spiro atoms. The second-order valence-corrected chi connectivity index (χ2v) is 50.1. The molecule has 8 rings (SSSR count). The van der Waals surface area contributed by atoms with E-state index in [2.05, 4.69) is 310 Å². The molecule has 147 heavy (non-hydrogen) atoms. The third kappa shape index (κ3) is 35.8. The number of unbranched alkanes of at least 4 members (excludes halogenated alkanes) is 15. The molecule has 0 unspecified atom stereocenters. The van der Waals surface area contributed by atoms with E-state index in [1.165, 1.54) is 0 Å². The molecule has 0 saturated carbocycles. The van der Waals surface area contributed by atoms with Gasteiger partial charge in [0.1, 0.15) is 0 Å². The third-order valence-electron chi connectivity index (χ3n) is 31.2. The van der Waals surface area contributed by atoms with E-state index < -0.39 is 22.2 Å². The first-order valence-electron chi connectivity index (χ1n) is 59.3. The summed E-state index contributed by atoms with van der Waals surface area (Å²) in [5, 5.41) is 11.1. The zero-order valence-electron chi connectivity index (χ0n) is 100. The van der Waals surface area contributed by atoms with Gasteiger partial charge in [-0.3, -0.25) is 24.3 Å². The van der Waals surface area contributed by atoms with Crippen molar-refractivity contribution in [3.05, 3.63) is 0 Å². The van der Waals surface area contributed by atoms with E-state index in [1.807, 2.05) is 5.06 Å². The average Bonchev–Trinajstić information content (AvgIpc) is 0.729. The highest BCUT2D eigenvalue weighted by Gasteiger charge is 2.56. The van der Waals surface area contributed by atoms with Crippen LogP contribution in [-0.2, 0) is 34.3 Å². The maximum atomic E-state index is 6.95. The average molecular weight is 2060 g/mol. The lowest BCUT2D eigenvalue weighted by Crippen LogP contribution is -2.65. The molecular weight excluding hydrogens is 1840 g/mol. The monoisotopic (exact) mass is 2060 g/mol. The fourth-order valence-corrected chi connectivity index (χ4v) is 25.0. The van der Waals surface area contributed by atoms with Crippen LogP contribution in [-0.4, -0.2) is 261 Å². The SMILES string of the molecule is CC#COON1C(C)(C)CC(N(CCCCCCN(c2nc(N(CCCC)C3CC(C)(C)N(OCCC)C(C)(C)C3)nc(N(CCCCCCN(c3nc(N(CCCC)CCCC)nc(N(CCCC)CCCC)n3)C3CC(C)(C)N(OCCC)C(C)(C)C3)C3CC(C)(C)N(OCCC)C(C)(C)C3)n2)C2CC(C)(C)N(OOC#CC)C(C)(C)C2)c2nc(N(CCCC)CCCC)nc(N(CCCC)CCCC)n2)CC1(C)C. The number of hydroxylamine groups is 10. The van der Waals surface area contributed by atoms with Crippen molar-refractivity contribution in [1.82, 2.24) is 70.2 Å². The normalized spacial score (nSPS) is 19.5. The highest BCUT2D eigenvalue weighted by Crippen LogP contribution is 2.50. The Kier molecular flexibility index (Phi) is 50.7. The first-order chi connectivity index (χ1) is 69.8. The summed E-state index contributed by atoms with van der Waals surface area (Å²) < 4.78 is 0.